The Morgan fingerprint density at radius 1 is 0.885 bits per heavy atom. The second kappa shape index (κ2) is 7.91. The van der Waals surface area contributed by atoms with Gasteiger partial charge in [0.25, 0.3) is 0 Å². The van der Waals surface area contributed by atoms with Crippen LogP contribution in [0.25, 0.3) is 16.8 Å². The largest absolute Gasteiger partial charge is 0.478 e. The van der Waals surface area contributed by atoms with E-state index in [-0.39, 0.29) is 5.56 Å². The molecular weight excluding hydrogens is 343 g/mol. The Bertz CT molecular complexity index is 863. The van der Waals surface area contributed by atoms with Gasteiger partial charge >= 0.3 is 12.1 Å². The molecule has 0 spiro atoms. The molecule has 0 radical (unpaired) electrons. The van der Waals surface area contributed by atoms with Crippen molar-refractivity contribution in [3.8, 4) is 16.8 Å². The van der Waals surface area contributed by atoms with Crippen LogP contribution in [0.1, 0.15) is 29.8 Å². The molecule has 0 fully saturated rings. The zero-order chi connectivity index (χ0) is 19.3. The molecule has 136 valence electrons. The summed E-state index contributed by atoms with van der Waals surface area (Å²) < 4.78 is 39.5. The highest BCUT2D eigenvalue weighted by atomic mass is 19.4. The summed E-state index contributed by atoms with van der Waals surface area (Å²) in [4.78, 5) is 10.9. The van der Waals surface area contributed by atoms with Crippen LogP contribution in [-0.4, -0.2) is 15.6 Å². The maximum Gasteiger partial charge on any atom is 0.416 e. The second-order valence-corrected chi connectivity index (χ2v) is 5.23. The van der Waals surface area contributed by atoms with Crippen molar-refractivity contribution in [3.05, 3.63) is 78.1 Å². The molecule has 0 atom stereocenters. The summed E-state index contributed by atoms with van der Waals surface area (Å²) in [5, 5.41) is 8.89. The van der Waals surface area contributed by atoms with E-state index in [2.05, 4.69) is 0 Å². The molecule has 3 rings (SSSR count). The molecule has 3 nitrogen and oxygen atoms in total. The van der Waals surface area contributed by atoms with Crippen molar-refractivity contribution >= 4 is 5.97 Å². The maximum absolute atomic E-state index is 12.6. The van der Waals surface area contributed by atoms with Crippen molar-refractivity contribution in [2.45, 2.75) is 20.0 Å². The molecule has 0 saturated heterocycles. The molecule has 2 aromatic carbocycles. The molecule has 0 unspecified atom stereocenters. The number of nitrogens with zero attached hydrogens (tertiary/aromatic N) is 1. The molecule has 26 heavy (non-hydrogen) atoms. The molecule has 1 N–H and O–H groups in total. The van der Waals surface area contributed by atoms with E-state index in [1.807, 2.05) is 19.9 Å². The van der Waals surface area contributed by atoms with Crippen molar-refractivity contribution in [1.82, 2.24) is 4.57 Å². The molecule has 0 saturated carbocycles. The fourth-order valence-corrected chi connectivity index (χ4v) is 2.36. The Morgan fingerprint density at radius 2 is 1.46 bits per heavy atom. The molecule has 0 bridgehead atoms. The number of rotatable bonds is 3. The summed E-state index contributed by atoms with van der Waals surface area (Å²) in [6.45, 7) is 4.00. The van der Waals surface area contributed by atoms with E-state index in [0.717, 1.165) is 23.3 Å². The summed E-state index contributed by atoms with van der Waals surface area (Å²) in [6.07, 6.45) is -0.840. The summed E-state index contributed by atoms with van der Waals surface area (Å²) in [7, 11) is 0. The van der Waals surface area contributed by atoms with Crippen LogP contribution in [0, 0.1) is 0 Å². The first-order valence-corrected chi connectivity index (χ1v) is 8.04. The van der Waals surface area contributed by atoms with Crippen LogP contribution in [0.5, 0.6) is 0 Å². The van der Waals surface area contributed by atoms with Crippen LogP contribution >= 0.6 is 0 Å². The highest BCUT2D eigenvalue weighted by Gasteiger charge is 2.29. The standard InChI is InChI=1S/C18H12F3NO2.C2H6/c19-18(20,21)15-5-7-16(8-6-15)22-10-9-14(11-22)12-1-3-13(4-2-12)17(23)24;1-2/h1-11H,(H,23,24);1-2H3. The number of carboxylic acid groups (broad SMARTS) is 1. The van der Waals surface area contributed by atoms with Gasteiger partial charge in [0.05, 0.1) is 11.1 Å². The van der Waals surface area contributed by atoms with Crippen molar-refractivity contribution < 1.29 is 23.1 Å². The smallest absolute Gasteiger partial charge is 0.416 e. The third-order valence-corrected chi connectivity index (χ3v) is 3.65. The number of halogens is 3. The van der Waals surface area contributed by atoms with Gasteiger partial charge in [-0.1, -0.05) is 26.0 Å². The molecule has 6 heteroatoms. The van der Waals surface area contributed by atoms with Crippen molar-refractivity contribution in [1.29, 1.82) is 0 Å². The van der Waals surface area contributed by atoms with Gasteiger partial charge in [0, 0.05) is 18.1 Å². The van der Waals surface area contributed by atoms with Crippen LogP contribution in [0.2, 0.25) is 0 Å². The quantitative estimate of drug-likeness (QED) is 0.632. The van der Waals surface area contributed by atoms with Gasteiger partial charge < -0.3 is 9.67 Å². The molecule has 1 aromatic heterocycles. The third-order valence-electron chi connectivity index (χ3n) is 3.65. The van der Waals surface area contributed by atoms with E-state index >= 15 is 0 Å². The Kier molecular flexibility index (Phi) is 5.87. The SMILES string of the molecule is CC.O=C(O)c1ccc(-c2ccn(-c3ccc(C(F)(F)F)cc3)c2)cc1. The van der Waals surface area contributed by atoms with Crippen LogP contribution in [0.15, 0.2) is 67.0 Å². The molecule has 0 aliphatic carbocycles. The number of hydrogen-bond donors (Lipinski definition) is 1. The lowest BCUT2D eigenvalue weighted by Crippen LogP contribution is -2.04. The lowest BCUT2D eigenvalue weighted by atomic mass is 10.1. The first-order chi connectivity index (χ1) is 12.3. The Morgan fingerprint density at radius 3 is 1.96 bits per heavy atom. The average Bonchev–Trinajstić information content (AvgIpc) is 3.13. The number of carbonyl (C=O) groups is 1. The number of hydrogen-bond acceptors (Lipinski definition) is 1. The topological polar surface area (TPSA) is 42.2 Å². The molecule has 0 aliphatic heterocycles. The molecule has 1 heterocycles. The lowest BCUT2D eigenvalue weighted by molar-refractivity contribution is -0.137. The van der Waals surface area contributed by atoms with E-state index in [1.54, 1.807) is 29.1 Å². The van der Waals surface area contributed by atoms with E-state index in [4.69, 9.17) is 5.11 Å². The fraction of sp³-hybridized carbons (Fsp3) is 0.150. The third kappa shape index (κ3) is 4.33. The van der Waals surface area contributed by atoms with Gasteiger partial charge in [-0.05, 0) is 53.6 Å². The monoisotopic (exact) mass is 361 g/mol. The van der Waals surface area contributed by atoms with E-state index < -0.39 is 17.7 Å². The highest BCUT2D eigenvalue weighted by molar-refractivity contribution is 5.88. The average molecular weight is 361 g/mol. The van der Waals surface area contributed by atoms with Crippen LogP contribution in [0.3, 0.4) is 0 Å². The van der Waals surface area contributed by atoms with Crippen LogP contribution in [0.4, 0.5) is 13.2 Å². The van der Waals surface area contributed by atoms with E-state index in [9.17, 15) is 18.0 Å². The zero-order valence-electron chi connectivity index (χ0n) is 14.3. The number of alkyl halides is 3. The zero-order valence-corrected chi connectivity index (χ0v) is 14.3. The van der Waals surface area contributed by atoms with Gasteiger partial charge in [-0.3, -0.25) is 0 Å². The van der Waals surface area contributed by atoms with Gasteiger partial charge in [-0.25, -0.2) is 4.79 Å². The minimum absolute atomic E-state index is 0.195. The van der Waals surface area contributed by atoms with Crippen molar-refractivity contribution in [3.63, 3.8) is 0 Å². The minimum atomic E-state index is -4.35. The number of benzene rings is 2. The Hall–Kier alpha value is -3.02. The van der Waals surface area contributed by atoms with Crippen molar-refractivity contribution in [2.75, 3.05) is 0 Å². The normalized spacial score (nSPS) is 10.8. The summed E-state index contributed by atoms with van der Waals surface area (Å²) in [6, 6.07) is 13.1. The fourth-order valence-electron chi connectivity index (χ4n) is 2.36. The first kappa shape index (κ1) is 19.3. The Balaban J connectivity index is 0.00000117. The lowest BCUT2D eigenvalue weighted by Gasteiger charge is -2.08. The van der Waals surface area contributed by atoms with E-state index in [1.165, 1.54) is 24.3 Å². The molecule has 3 aromatic rings. The van der Waals surface area contributed by atoms with Crippen molar-refractivity contribution in [2.24, 2.45) is 0 Å². The summed E-state index contributed by atoms with van der Waals surface area (Å²) >= 11 is 0. The molecule has 0 amide bonds. The van der Waals surface area contributed by atoms with Crippen LogP contribution < -0.4 is 0 Å². The predicted octanol–water partition coefficient (Wildman–Crippen LogP) is 5.89. The Labute approximate surface area is 149 Å². The maximum atomic E-state index is 12.6. The first-order valence-electron chi connectivity index (χ1n) is 8.04. The molecular formula is C20H18F3NO2. The number of aromatic carboxylic acids is 1. The highest BCUT2D eigenvalue weighted by Crippen LogP contribution is 2.30. The minimum Gasteiger partial charge on any atom is -0.478 e. The second-order valence-electron chi connectivity index (χ2n) is 5.23. The number of aromatic nitrogens is 1. The van der Waals surface area contributed by atoms with Gasteiger partial charge in [0.15, 0.2) is 0 Å². The van der Waals surface area contributed by atoms with Gasteiger partial charge in [-0.15, -0.1) is 0 Å². The van der Waals surface area contributed by atoms with Gasteiger partial charge in [0.1, 0.15) is 0 Å². The van der Waals surface area contributed by atoms with Gasteiger partial charge in [0.2, 0.25) is 0 Å². The predicted molar refractivity (Wildman–Crippen MR) is 94.5 cm³/mol. The van der Waals surface area contributed by atoms with E-state index in [0.29, 0.717) is 5.69 Å². The summed E-state index contributed by atoms with van der Waals surface area (Å²) in [5.74, 6) is -0.996. The summed E-state index contributed by atoms with van der Waals surface area (Å²) in [5.41, 5.74) is 1.78. The van der Waals surface area contributed by atoms with Crippen LogP contribution in [-0.2, 0) is 6.18 Å². The molecule has 0 aliphatic rings. The van der Waals surface area contributed by atoms with Gasteiger partial charge in [-0.2, -0.15) is 13.2 Å². The number of carboxylic acids is 1.